The van der Waals surface area contributed by atoms with Crippen LogP contribution in [0.4, 0.5) is 0 Å². The van der Waals surface area contributed by atoms with Crippen LogP contribution in [-0.2, 0) is 0 Å². The average Bonchev–Trinajstić information content (AvgIpc) is 2.98. The molecule has 2 aromatic rings. The first kappa shape index (κ1) is 11.0. The number of nitrogens with one attached hydrogen (secondary N) is 1. The van der Waals surface area contributed by atoms with E-state index in [9.17, 15) is 0 Å². The van der Waals surface area contributed by atoms with Crippen LogP contribution in [0.5, 0.6) is 0 Å². The fraction of sp³-hybridized carbons (Fsp3) is 0.133. The first-order valence-electron chi connectivity index (χ1n) is 6.01. The maximum absolute atomic E-state index is 5.94. The molecule has 1 aliphatic heterocycles. The van der Waals surface area contributed by atoms with E-state index in [2.05, 4.69) is 28.2 Å². The molecule has 0 radical (unpaired) electrons. The van der Waals surface area contributed by atoms with Crippen molar-refractivity contribution in [1.82, 2.24) is 4.98 Å². The Hall–Kier alpha value is -2.13. The molecule has 0 fully saturated rings. The smallest absolute Gasteiger partial charge is 0.0850 e. The summed E-state index contributed by atoms with van der Waals surface area (Å²) in [5, 5.41) is 0. The van der Waals surface area contributed by atoms with Crippen molar-refractivity contribution in [3.05, 3.63) is 54.4 Å². The van der Waals surface area contributed by atoms with Gasteiger partial charge in [-0.2, -0.15) is 0 Å². The minimum Gasteiger partial charge on any atom is -0.359 e. The van der Waals surface area contributed by atoms with Gasteiger partial charge in [-0.05, 0) is 24.6 Å². The molecule has 0 saturated heterocycles. The Labute approximate surface area is 106 Å². The number of hydrogen-bond donors (Lipinski definition) is 2. The normalized spacial score (nSPS) is 18.7. The fourth-order valence-electron chi connectivity index (χ4n) is 2.17. The minimum absolute atomic E-state index is 0.0630. The zero-order chi connectivity index (χ0) is 12.5. The van der Waals surface area contributed by atoms with E-state index in [0.29, 0.717) is 0 Å². The van der Waals surface area contributed by atoms with E-state index in [4.69, 9.17) is 5.73 Å². The molecular formula is C15H15N3. The van der Waals surface area contributed by atoms with Crippen molar-refractivity contribution >= 4 is 11.4 Å². The van der Waals surface area contributed by atoms with Crippen molar-refractivity contribution in [2.75, 3.05) is 0 Å². The summed E-state index contributed by atoms with van der Waals surface area (Å²) in [5.41, 5.74) is 11.2. The van der Waals surface area contributed by atoms with Crippen molar-refractivity contribution in [3.8, 4) is 11.1 Å². The molecule has 0 amide bonds. The summed E-state index contributed by atoms with van der Waals surface area (Å²) < 4.78 is 0. The lowest BCUT2D eigenvalue weighted by Gasteiger charge is -2.03. The standard InChI is InChI=1S/C15H15N3/c1-10-13(16)9-14(18-10)15-12(7-8-17-15)11-5-3-2-4-6-11/h2-9,13,17H,16H2,1H3. The van der Waals surface area contributed by atoms with Gasteiger partial charge in [0.15, 0.2) is 0 Å². The van der Waals surface area contributed by atoms with Gasteiger partial charge in [-0.25, -0.2) is 0 Å². The molecule has 3 rings (SSSR count). The molecule has 1 unspecified atom stereocenters. The van der Waals surface area contributed by atoms with Crippen molar-refractivity contribution in [2.24, 2.45) is 10.7 Å². The van der Waals surface area contributed by atoms with Gasteiger partial charge in [0.25, 0.3) is 0 Å². The summed E-state index contributed by atoms with van der Waals surface area (Å²) in [4.78, 5) is 7.78. The van der Waals surface area contributed by atoms with E-state index >= 15 is 0 Å². The molecule has 0 spiro atoms. The molecule has 1 aromatic carbocycles. The first-order chi connectivity index (χ1) is 8.75. The summed E-state index contributed by atoms with van der Waals surface area (Å²) in [6.45, 7) is 1.96. The Morgan fingerprint density at radius 3 is 2.61 bits per heavy atom. The van der Waals surface area contributed by atoms with Gasteiger partial charge in [0.2, 0.25) is 0 Å². The van der Waals surface area contributed by atoms with Crippen LogP contribution in [0.15, 0.2) is 53.7 Å². The molecule has 3 nitrogen and oxygen atoms in total. The van der Waals surface area contributed by atoms with Gasteiger partial charge in [-0.15, -0.1) is 0 Å². The van der Waals surface area contributed by atoms with E-state index in [0.717, 1.165) is 22.7 Å². The SMILES string of the molecule is CC1=NC(c2[nH]ccc2-c2ccccc2)=CC1N. The average molecular weight is 237 g/mol. The third-order valence-corrected chi connectivity index (χ3v) is 3.20. The van der Waals surface area contributed by atoms with Crippen LogP contribution in [0.25, 0.3) is 16.8 Å². The number of hydrogen-bond acceptors (Lipinski definition) is 2. The minimum atomic E-state index is -0.0630. The molecule has 3 N–H and O–H groups in total. The van der Waals surface area contributed by atoms with Crippen LogP contribution in [0.1, 0.15) is 12.6 Å². The summed E-state index contributed by atoms with van der Waals surface area (Å²) in [5.74, 6) is 0. The van der Waals surface area contributed by atoms with Crippen LogP contribution in [0, 0.1) is 0 Å². The zero-order valence-electron chi connectivity index (χ0n) is 10.2. The zero-order valence-corrected chi connectivity index (χ0v) is 10.2. The maximum Gasteiger partial charge on any atom is 0.0850 e. The third-order valence-electron chi connectivity index (χ3n) is 3.20. The Bertz CT molecular complexity index is 620. The number of aromatic nitrogens is 1. The van der Waals surface area contributed by atoms with E-state index in [1.165, 1.54) is 5.56 Å². The largest absolute Gasteiger partial charge is 0.359 e. The third kappa shape index (κ3) is 1.79. The van der Waals surface area contributed by atoms with Gasteiger partial charge in [0.05, 0.1) is 17.4 Å². The molecule has 2 heterocycles. The van der Waals surface area contributed by atoms with Crippen LogP contribution in [0.2, 0.25) is 0 Å². The van der Waals surface area contributed by atoms with E-state index in [1.54, 1.807) is 0 Å². The molecule has 1 aromatic heterocycles. The van der Waals surface area contributed by atoms with Gasteiger partial charge in [0, 0.05) is 17.5 Å². The van der Waals surface area contributed by atoms with Crippen LogP contribution >= 0.6 is 0 Å². The second-order valence-electron chi connectivity index (χ2n) is 4.46. The van der Waals surface area contributed by atoms with Crippen molar-refractivity contribution < 1.29 is 0 Å². The van der Waals surface area contributed by atoms with E-state index < -0.39 is 0 Å². The van der Waals surface area contributed by atoms with Crippen molar-refractivity contribution in [3.63, 3.8) is 0 Å². The van der Waals surface area contributed by atoms with Gasteiger partial charge in [0.1, 0.15) is 0 Å². The van der Waals surface area contributed by atoms with E-state index in [-0.39, 0.29) is 6.04 Å². The number of benzene rings is 1. The molecule has 90 valence electrons. The summed E-state index contributed by atoms with van der Waals surface area (Å²) >= 11 is 0. The number of nitrogens with zero attached hydrogens (tertiary/aromatic N) is 1. The Kier molecular flexibility index (Phi) is 2.61. The molecule has 1 aliphatic rings. The molecule has 0 bridgehead atoms. The molecular weight excluding hydrogens is 222 g/mol. The Morgan fingerprint density at radius 1 is 1.17 bits per heavy atom. The number of aromatic amines is 1. The summed E-state index contributed by atoms with van der Waals surface area (Å²) in [7, 11) is 0. The number of rotatable bonds is 2. The van der Waals surface area contributed by atoms with Crippen LogP contribution in [0.3, 0.4) is 0 Å². The van der Waals surface area contributed by atoms with Gasteiger partial charge < -0.3 is 10.7 Å². The highest BCUT2D eigenvalue weighted by Crippen LogP contribution is 2.30. The predicted molar refractivity (Wildman–Crippen MR) is 75.3 cm³/mol. The Balaban J connectivity index is 2.07. The highest BCUT2D eigenvalue weighted by atomic mass is 14.9. The monoisotopic (exact) mass is 237 g/mol. The van der Waals surface area contributed by atoms with Gasteiger partial charge >= 0.3 is 0 Å². The lowest BCUT2D eigenvalue weighted by Crippen LogP contribution is -2.22. The molecule has 0 saturated carbocycles. The Morgan fingerprint density at radius 2 is 1.94 bits per heavy atom. The lowest BCUT2D eigenvalue weighted by molar-refractivity contribution is 1.10. The van der Waals surface area contributed by atoms with E-state index in [1.807, 2.05) is 37.4 Å². The van der Waals surface area contributed by atoms with Gasteiger partial charge in [-0.3, -0.25) is 4.99 Å². The second kappa shape index (κ2) is 4.27. The van der Waals surface area contributed by atoms with Crippen LogP contribution in [-0.4, -0.2) is 16.7 Å². The fourth-order valence-corrected chi connectivity index (χ4v) is 2.17. The predicted octanol–water partition coefficient (Wildman–Crippen LogP) is 2.82. The summed E-state index contributed by atoms with van der Waals surface area (Å²) in [6, 6.07) is 12.3. The van der Waals surface area contributed by atoms with Crippen LogP contribution < -0.4 is 5.73 Å². The van der Waals surface area contributed by atoms with Crippen molar-refractivity contribution in [1.29, 1.82) is 0 Å². The second-order valence-corrected chi connectivity index (χ2v) is 4.46. The maximum atomic E-state index is 5.94. The topological polar surface area (TPSA) is 54.2 Å². The number of H-pyrrole nitrogens is 1. The lowest BCUT2D eigenvalue weighted by atomic mass is 10.0. The quantitative estimate of drug-likeness (QED) is 0.829. The molecule has 3 heteroatoms. The number of nitrogens with two attached hydrogens (primary N) is 1. The van der Waals surface area contributed by atoms with Crippen molar-refractivity contribution in [2.45, 2.75) is 13.0 Å². The number of aliphatic imine (C=N–C) groups is 1. The molecule has 18 heavy (non-hydrogen) atoms. The highest BCUT2D eigenvalue weighted by molar-refractivity contribution is 5.99. The highest BCUT2D eigenvalue weighted by Gasteiger charge is 2.18. The summed E-state index contributed by atoms with van der Waals surface area (Å²) in [6.07, 6.45) is 3.93. The first-order valence-corrected chi connectivity index (χ1v) is 6.01. The molecule has 1 atom stereocenters. The molecule has 0 aliphatic carbocycles. The van der Waals surface area contributed by atoms with Gasteiger partial charge in [-0.1, -0.05) is 30.3 Å².